The predicted molar refractivity (Wildman–Crippen MR) is 76.3 cm³/mol. The van der Waals surface area contributed by atoms with Crippen molar-refractivity contribution in [3.05, 3.63) is 46.2 Å². The molecule has 0 radical (unpaired) electrons. The van der Waals surface area contributed by atoms with Gasteiger partial charge in [-0.25, -0.2) is 0 Å². The summed E-state index contributed by atoms with van der Waals surface area (Å²) >= 11 is 12.0. The first kappa shape index (κ1) is 13.2. The van der Waals surface area contributed by atoms with Gasteiger partial charge in [0.05, 0.1) is 22.9 Å². The number of hydrogen-bond donors (Lipinski definition) is 1. The van der Waals surface area contributed by atoms with Crippen LogP contribution >= 0.6 is 23.2 Å². The maximum absolute atomic E-state index is 6.09. The van der Waals surface area contributed by atoms with Crippen molar-refractivity contribution in [3.63, 3.8) is 0 Å². The summed E-state index contributed by atoms with van der Waals surface area (Å²) in [7, 11) is 0. The molecule has 0 saturated heterocycles. The first-order valence-electron chi connectivity index (χ1n) is 5.90. The Hall–Kier alpha value is -1.19. The zero-order chi connectivity index (χ0) is 13.0. The molecule has 1 heterocycles. The van der Waals surface area contributed by atoms with Crippen molar-refractivity contribution in [2.45, 2.75) is 26.4 Å². The SMILES string of the molecule is CCCn1nccc1CNc1cc(Cl)ccc1Cl. The fraction of sp³-hybridized carbons (Fsp3) is 0.308. The van der Waals surface area contributed by atoms with Gasteiger partial charge in [-0.3, -0.25) is 4.68 Å². The Bertz CT molecular complexity index is 523. The summed E-state index contributed by atoms with van der Waals surface area (Å²) in [5.74, 6) is 0. The van der Waals surface area contributed by atoms with Gasteiger partial charge in [-0.15, -0.1) is 0 Å². The topological polar surface area (TPSA) is 29.9 Å². The molecule has 0 amide bonds. The Labute approximate surface area is 117 Å². The van der Waals surface area contributed by atoms with Crippen molar-refractivity contribution in [2.24, 2.45) is 0 Å². The molecular formula is C13H15Cl2N3. The van der Waals surface area contributed by atoms with E-state index in [0.717, 1.165) is 24.3 Å². The van der Waals surface area contributed by atoms with Gasteiger partial charge in [0.25, 0.3) is 0 Å². The number of nitrogens with one attached hydrogen (secondary N) is 1. The summed E-state index contributed by atoms with van der Waals surface area (Å²) in [5.41, 5.74) is 1.97. The van der Waals surface area contributed by atoms with E-state index in [1.807, 2.05) is 23.0 Å². The molecule has 0 aliphatic carbocycles. The summed E-state index contributed by atoms with van der Waals surface area (Å²) in [5, 5.41) is 8.89. The van der Waals surface area contributed by atoms with Crippen LogP contribution in [-0.2, 0) is 13.1 Å². The number of nitrogens with zero attached hydrogens (tertiary/aromatic N) is 2. The van der Waals surface area contributed by atoms with Gasteiger partial charge >= 0.3 is 0 Å². The summed E-state index contributed by atoms with van der Waals surface area (Å²) in [6.07, 6.45) is 2.87. The normalized spacial score (nSPS) is 10.6. The average molecular weight is 284 g/mol. The molecule has 1 N–H and O–H groups in total. The van der Waals surface area contributed by atoms with E-state index in [9.17, 15) is 0 Å². The molecule has 1 aromatic heterocycles. The van der Waals surface area contributed by atoms with Crippen LogP contribution in [0.5, 0.6) is 0 Å². The standard InChI is InChI=1S/C13H15Cl2N3/c1-2-7-18-11(5-6-17-18)9-16-13-8-10(14)3-4-12(13)15/h3-6,8,16H,2,7,9H2,1H3. The van der Waals surface area contributed by atoms with Gasteiger partial charge in [-0.2, -0.15) is 5.10 Å². The lowest BCUT2D eigenvalue weighted by Crippen LogP contribution is -2.09. The molecule has 0 saturated carbocycles. The van der Waals surface area contributed by atoms with Crippen LogP contribution in [0.4, 0.5) is 5.69 Å². The van der Waals surface area contributed by atoms with Crippen LogP contribution in [0, 0.1) is 0 Å². The number of aromatic nitrogens is 2. The Morgan fingerprint density at radius 2 is 2.11 bits per heavy atom. The zero-order valence-electron chi connectivity index (χ0n) is 10.2. The quantitative estimate of drug-likeness (QED) is 0.891. The monoisotopic (exact) mass is 283 g/mol. The number of anilines is 1. The van der Waals surface area contributed by atoms with Crippen LogP contribution in [0.25, 0.3) is 0 Å². The third kappa shape index (κ3) is 3.18. The molecule has 0 spiro atoms. The Morgan fingerprint density at radius 3 is 2.89 bits per heavy atom. The van der Waals surface area contributed by atoms with Gasteiger partial charge in [0.2, 0.25) is 0 Å². The van der Waals surface area contributed by atoms with Gasteiger partial charge in [0.1, 0.15) is 0 Å². The van der Waals surface area contributed by atoms with Gasteiger partial charge in [-0.1, -0.05) is 30.1 Å². The van der Waals surface area contributed by atoms with Crippen molar-refractivity contribution < 1.29 is 0 Å². The number of rotatable bonds is 5. The van der Waals surface area contributed by atoms with E-state index in [-0.39, 0.29) is 0 Å². The highest BCUT2D eigenvalue weighted by molar-refractivity contribution is 6.35. The van der Waals surface area contributed by atoms with Crippen molar-refractivity contribution in [2.75, 3.05) is 5.32 Å². The minimum absolute atomic E-state index is 0.668. The molecular weight excluding hydrogens is 269 g/mol. The second kappa shape index (κ2) is 6.12. The van der Waals surface area contributed by atoms with Crippen LogP contribution in [-0.4, -0.2) is 9.78 Å². The van der Waals surface area contributed by atoms with Crippen LogP contribution < -0.4 is 5.32 Å². The highest BCUT2D eigenvalue weighted by atomic mass is 35.5. The van der Waals surface area contributed by atoms with E-state index >= 15 is 0 Å². The average Bonchev–Trinajstić information content (AvgIpc) is 2.78. The second-order valence-electron chi connectivity index (χ2n) is 4.02. The summed E-state index contributed by atoms with van der Waals surface area (Å²) < 4.78 is 1.99. The fourth-order valence-electron chi connectivity index (χ4n) is 1.74. The highest BCUT2D eigenvalue weighted by Crippen LogP contribution is 2.25. The lowest BCUT2D eigenvalue weighted by molar-refractivity contribution is 0.578. The molecule has 0 aliphatic rings. The van der Waals surface area contributed by atoms with Gasteiger partial charge in [0.15, 0.2) is 0 Å². The van der Waals surface area contributed by atoms with Crippen molar-refractivity contribution >= 4 is 28.9 Å². The molecule has 2 rings (SSSR count). The maximum Gasteiger partial charge on any atom is 0.0638 e. The Morgan fingerprint density at radius 1 is 1.28 bits per heavy atom. The lowest BCUT2D eigenvalue weighted by Gasteiger charge is -2.10. The summed E-state index contributed by atoms with van der Waals surface area (Å²) in [6.45, 7) is 3.74. The molecule has 1 aromatic carbocycles. The van der Waals surface area contributed by atoms with Crippen LogP contribution in [0.3, 0.4) is 0 Å². The number of halogens is 2. The van der Waals surface area contributed by atoms with Gasteiger partial charge < -0.3 is 5.32 Å². The van der Waals surface area contributed by atoms with E-state index in [0.29, 0.717) is 16.6 Å². The molecule has 2 aromatic rings. The largest absolute Gasteiger partial charge is 0.378 e. The van der Waals surface area contributed by atoms with Crippen molar-refractivity contribution in [1.29, 1.82) is 0 Å². The zero-order valence-corrected chi connectivity index (χ0v) is 11.7. The molecule has 0 aliphatic heterocycles. The number of hydrogen-bond acceptors (Lipinski definition) is 2. The lowest BCUT2D eigenvalue weighted by atomic mass is 10.3. The Kier molecular flexibility index (Phi) is 4.50. The second-order valence-corrected chi connectivity index (χ2v) is 4.87. The molecule has 5 heteroatoms. The van der Waals surface area contributed by atoms with Gasteiger partial charge in [-0.05, 0) is 30.7 Å². The fourth-order valence-corrected chi connectivity index (χ4v) is 2.10. The maximum atomic E-state index is 6.09. The minimum Gasteiger partial charge on any atom is -0.378 e. The Balaban J connectivity index is 2.06. The molecule has 0 unspecified atom stereocenters. The summed E-state index contributed by atoms with van der Waals surface area (Å²) in [4.78, 5) is 0. The third-order valence-corrected chi connectivity index (χ3v) is 3.19. The van der Waals surface area contributed by atoms with E-state index in [1.54, 1.807) is 12.1 Å². The molecule has 0 fully saturated rings. The molecule has 96 valence electrons. The molecule has 18 heavy (non-hydrogen) atoms. The van der Waals surface area contributed by atoms with Crippen LogP contribution in [0.2, 0.25) is 10.0 Å². The first-order chi connectivity index (χ1) is 8.70. The van der Waals surface area contributed by atoms with E-state index < -0.39 is 0 Å². The smallest absolute Gasteiger partial charge is 0.0638 e. The van der Waals surface area contributed by atoms with Crippen LogP contribution in [0.1, 0.15) is 19.0 Å². The molecule has 0 atom stereocenters. The van der Waals surface area contributed by atoms with Gasteiger partial charge in [0, 0.05) is 17.8 Å². The molecule has 3 nitrogen and oxygen atoms in total. The number of benzene rings is 1. The van der Waals surface area contributed by atoms with Crippen LogP contribution in [0.15, 0.2) is 30.5 Å². The summed E-state index contributed by atoms with van der Waals surface area (Å²) in [6, 6.07) is 7.39. The van der Waals surface area contributed by atoms with E-state index in [4.69, 9.17) is 23.2 Å². The number of aryl methyl sites for hydroxylation is 1. The van der Waals surface area contributed by atoms with Crippen molar-refractivity contribution in [3.8, 4) is 0 Å². The third-order valence-electron chi connectivity index (χ3n) is 2.63. The van der Waals surface area contributed by atoms with E-state index in [2.05, 4.69) is 17.3 Å². The predicted octanol–water partition coefficient (Wildman–Crippen LogP) is 4.21. The van der Waals surface area contributed by atoms with Crippen molar-refractivity contribution in [1.82, 2.24) is 9.78 Å². The minimum atomic E-state index is 0.668. The first-order valence-corrected chi connectivity index (χ1v) is 6.66. The highest BCUT2D eigenvalue weighted by Gasteiger charge is 2.04. The molecule has 0 bridgehead atoms. The van der Waals surface area contributed by atoms with E-state index in [1.165, 1.54) is 0 Å².